The van der Waals surface area contributed by atoms with Crippen molar-refractivity contribution in [3.63, 3.8) is 0 Å². The SMILES string of the molecule is FC(F)(F)CN1CCN(Cc2ccc(OCc3ccccc3)cc2Br)CC1. The second kappa shape index (κ2) is 9.08. The Morgan fingerprint density at radius 2 is 1.59 bits per heavy atom. The van der Waals surface area contributed by atoms with Crippen LogP contribution in [0.5, 0.6) is 5.75 Å². The fraction of sp³-hybridized carbons (Fsp3) is 0.400. The van der Waals surface area contributed by atoms with Crippen LogP contribution in [-0.4, -0.2) is 48.7 Å². The molecule has 0 radical (unpaired) electrons. The summed E-state index contributed by atoms with van der Waals surface area (Å²) in [6.45, 7) is 2.54. The van der Waals surface area contributed by atoms with Crippen LogP contribution in [0.25, 0.3) is 0 Å². The molecule has 1 aliphatic rings. The third-order valence-electron chi connectivity index (χ3n) is 4.53. The van der Waals surface area contributed by atoms with Crippen molar-refractivity contribution in [3.8, 4) is 5.75 Å². The summed E-state index contributed by atoms with van der Waals surface area (Å²) in [6, 6.07) is 15.8. The van der Waals surface area contributed by atoms with E-state index in [0.29, 0.717) is 39.3 Å². The lowest BCUT2D eigenvalue weighted by molar-refractivity contribution is -0.149. The molecule has 0 N–H and O–H groups in total. The quantitative estimate of drug-likeness (QED) is 0.644. The third kappa shape index (κ3) is 6.52. The first-order chi connectivity index (χ1) is 12.9. The maximum Gasteiger partial charge on any atom is 0.401 e. The standard InChI is InChI=1S/C20H22BrF3N2O/c21-19-12-18(27-14-16-4-2-1-3-5-16)7-6-17(19)13-25-8-10-26(11-9-25)15-20(22,23)24/h1-7,12H,8-11,13-15H2. The molecule has 1 fully saturated rings. The van der Waals surface area contributed by atoms with Gasteiger partial charge >= 0.3 is 6.18 Å². The van der Waals surface area contributed by atoms with E-state index in [1.54, 1.807) is 0 Å². The molecule has 3 nitrogen and oxygen atoms in total. The van der Waals surface area contributed by atoms with Gasteiger partial charge in [0.2, 0.25) is 0 Å². The summed E-state index contributed by atoms with van der Waals surface area (Å²) in [4.78, 5) is 3.64. The normalized spacial score (nSPS) is 16.4. The summed E-state index contributed by atoms with van der Waals surface area (Å²) in [5.41, 5.74) is 2.21. The highest BCUT2D eigenvalue weighted by molar-refractivity contribution is 9.10. The van der Waals surface area contributed by atoms with Gasteiger partial charge in [0.15, 0.2) is 0 Å². The van der Waals surface area contributed by atoms with Gasteiger partial charge in [0.25, 0.3) is 0 Å². The fourth-order valence-electron chi connectivity index (χ4n) is 3.09. The summed E-state index contributed by atoms with van der Waals surface area (Å²) in [6.07, 6.45) is -4.12. The average Bonchev–Trinajstić information content (AvgIpc) is 2.63. The number of hydrogen-bond acceptors (Lipinski definition) is 3. The smallest absolute Gasteiger partial charge is 0.401 e. The van der Waals surface area contributed by atoms with E-state index >= 15 is 0 Å². The first kappa shape index (κ1) is 20.2. The van der Waals surface area contributed by atoms with Crippen molar-refractivity contribution in [1.29, 1.82) is 0 Å². The van der Waals surface area contributed by atoms with Gasteiger partial charge in [-0.1, -0.05) is 52.3 Å². The molecule has 2 aromatic carbocycles. The zero-order chi connectivity index (χ0) is 19.3. The number of ether oxygens (including phenoxy) is 1. The molecule has 2 aromatic rings. The molecule has 0 aliphatic carbocycles. The van der Waals surface area contributed by atoms with E-state index in [1.807, 2.05) is 48.5 Å². The molecule has 0 aromatic heterocycles. The molecule has 7 heteroatoms. The second-order valence-corrected chi connectivity index (χ2v) is 7.55. The lowest BCUT2D eigenvalue weighted by Crippen LogP contribution is -2.48. The van der Waals surface area contributed by atoms with Crippen molar-refractivity contribution in [3.05, 3.63) is 64.1 Å². The van der Waals surface area contributed by atoms with Crippen LogP contribution in [0.1, 0.15) is 11.1 Å². The first-order valence-corrected chi connectivity index (χ1v) is 9.65. The van der Waals surface area contributed by atoms with Crippen LogP contribution >= 0.6 is 15.9 Å². The van der Waals surface area contributed by atoms with Crippen molar-refractivity contribution >= 4 is 15.9 Å². The minimum absolute atomic E-state index is 0.440. The maximum absolute atomic E-state index is 12.5. The first-order valence-electron chi connectivity index (χ1n) is 8.86. The van der Waals surface area contributed by atoms with E-state index in [2.05, 4.69) is 20.8 Å². The van der Waals surface area contributed by atoms with Gasteiger partial charge in [-0.05, 0) is 23.3 Å². The predicted molar refractivity (Wildman–Crippen MR) is 103 cm³/mol. The number of hydrogen-bond donors (Lipinski definition) is 0. The van der Waals surface area contributed by atoms with E-state index in [1.165, 1.54) is 4.90 Å². The lowest BCUT2D eigenvalue weighted by atomic mass is 10.2. The summed E-state index contributed by atoms with van der Waals surface area (Å²) in [5.74, 6) is 0.782. The number of nitrogens with zero attached hydrogens (tertiary/aromatic N) is 2. The number of alkyl halides is 3. The Labute approximate surface area is 165 Å². The van der Waals surface area contributed by atoms with Crippen LogP contribution in [0.4, 0.5) is 13.2 Å². The van der Waals surface area contributed by atoms with Crippen molar-refractivity contribution in [2.24, 2.45) is 0 Å². The zero-order valence-electron chi connectivity index (χ0n) is 14.9. The molecule has 0 amide bonds. The van der Waals surface area contributed by atoms with Crippen LogP contribution < -0.4 is 4.74 Å². The number of rotatable bonds is 6. The molecule has 0 spiro atoms. The van der Waals surface area contributed by atoms with Gasteiger partial charge < -0.3 is 4.74 Å². The molecular formula is C20H22BrF3N2O. The molecule has 0 bridgehead atoms. The van der Waals surface area contributed by atoms with Crippen LogP contribution in [0.15, 0.2) is 53.0 Å². The van der Waals surface area contributed by atoms with Crippen molar-refractivity contribution in [1.82, 2.24) is 9.80 Å². The average molecular weight is 443 g/mol. The predicted octanol–water partition coefficient (Wildman–Crippen LogP) is 4.71. The minimum Gasteiger partial charge on any atom is -0.489 e. The van der Waals surface area contributed by atoms with Crippen molar-refractivity contribution in [2.45, 2.75) is 19.3 Å². The Hall–Kier alpha value is -1.57. The molecule has 27 heavy (non-hydrogen) atoms. The topological polar surface area (TPSA) is 15.7 Å². The third-order valence-corrected chi connectivity index (χ3v) is 5.27. The Kier molecular flexibility index (Phi) is 6.78. The van der Waals surface area contributed by atoms with Gasteiger partial charge in [-0.25, -0.2) is 0 Å². The summed E-state index contributed by atoms with van der Waals surface area (Å²) in [7, 11) is 0. The van der Waals surface area contributed by atoms with E-state index in [0.717, 1.165) is 21.3 Å². The van der Waals surface area contributed by atoms with Crippen LogP contribution in [-0.2, 0) is 13.2 Å². The number of benzene rings is 2. The molecule has 146 valence electrons. The van der Waals surface area contributed by atoms with Crippen molar-refractivity contribution in [2.75, 3.05) is 32.7 Å². The molecular weight excluding hydrogens is 421 g/mol. The van der Waals surface area contributed by atoms with Gasteiger partial charge in [0, 0.05) is 37.2 Å². The summed E-state index contributed by atoms with van der Waals surface area (Å²) in [5, 5.41) is 0. The van der Waals surface area contributed by atoms with E-state index < -0.39 is 12.7 Å². The minimum atomic E-state index is -4.12. The Morgan fingerprint density at radius 3 is 2.22 bits per heavy atom. The fourth-order valence-corrected chi connectivity index (χ4v) is 3.57. The van der Waals surface area contributed by atoms with Gasteiger partial charge in [0.05, 0.1) is 6.54 Å². The monoisotopic (exact) mass is 442 g/mol. The molecule has 0 atom stereocenters. The van der Waals surface area contributed by atoms with Gasteiger partial charge in [0.1, 0.15) is 12.4 Å². The Morgan fingerprint density at radius 1 is 0.926 bits per heavy atom. The summed E-state index contributed by atoms with van der Waals surface area (Å²) < 4.78 is 44.2. The van der Waals surface area contributed by atoms with Gasteiger partial charge in [-0.2, -0.15) is 13.2 Å². The largest absolute Gasteiger partial charge is 0.489 e. The molecule has 1 saturated heterocycles. The van der Waals surface area contributed by atoms with Crippen LogP contribution in [0.2, 0.25) is 0 Å². The van der Waals surface area contributed by atoms with Crippen molar-refractivity contribution < 1.29 is 17.9 Å². The molecule has 1 aliphatic heterocycles. The highest BCUT2D eigenvalue weighted by Crippen LogP contribution is 2.26. The Balaban J connectivity index is 1.50. The zero-order valence-corrected chi connectivity index (χ0v) is 16.5. The van der Waals surface area contributed by atoms with Gasteiger partial charge in [-0.15, -0.1) is 0 Å². The Bertz CT molecular complexity index is 732. The second-order valence-electron chi connectivity index (χ2n) is 6.69. The molecule has 0 unspecified atom stereocenters. The number of piperazine rings is 1. The van der Waals surface area contributed by atoms with Crippen LogP contribution in [0, 0.1) is 0 Å². The summed E-state index contributed by atoms with van der Waals surface area (Å²) >= 11 is 3.59. The highest BCUT2D eigenvalue weighted by Gasteiger charge is 2.32. The van der Waals surface area contributed by atoms with E-state index in [4.69, 9.17) is 4.74 Å². The van der Waals surface area contributed by atoms with E-state index in [9.17, 15) is 13.2 Å². The van der Waals surface area contributed by atoms with Crippen LogP contribution in [0.3, 0.4) is 0 Å². The lowest BCUT2D eigenvalue weighted by Gasteiger charge is -2.35. The molecule has 3 rings (SSSR count). The number of halogens is 4. The van der Waals surface area contributed by atoms with E-state index in [-0.39, 0.29) is 0 Å². The molecule has 1 heterocycles. The highest BCUT2D eigenvalue weighted by atomic mass is 79.9. The molecule has 0 saturated carbocycles. The van der Waals surface area contributed by atoms with Gasteiger partial charge in [-0.3, -0.25) is 9.80 Å². The maximum atomic E-state index is 12.5.